The topological polar surface area (TPSA) is 38.0 Å². The van der Waals surface area contributed by atoms with Crippen LogP contribution in [0.5, 0.6) is 0 Å². The van der Waals surface area contributed by atoms with E-state index in [0.717, 1.165) is 10.2 Å². The number of benzene rings is 2. The van der Waals surface area contributed by atoms with E-state index in [-0.39, 0.29) is 5.82 Å². The van der Waals surface area contributed by atoms with Gasteiger partial charge in [-0.25, -0.2) is 4.39 Å². The van der Waals surface area contributed by atoms with Gasteiger partial charge >= 0.3 is 0 Å². The number of rotatable bonds is 2. The van der Waals surface area contributed by atoms with Crippen LogP contribution in [-0.2, 0) is 0 Å². The normalized spacial score (nSPS) is 10.3. The molecule has 88 valence electrons. The van der Waals surface area contributed by atoms with Crippen molar-refractivity contribution in [1.29, 1.82) is 0 Å². The molecule has 0 radical (unpaired) electrons. The third-order valence-electron chi connectivity index (χ3n) is 2.22. The number of halogens is 3. The SMILES string of the molecule is Nc1cc(I)c(F)cc1Nc1ccc(Br)cc1. The highest BCUT2D eigenvalue weighted by Gasteiger charge is 2.06. The summed E-state index contributed by atoms with van der Waals surface area (Å²) in [4.78, 5) is 0. The molecule has 0 aliphatic carbocycles. The van der Waals surface area contributed by atoms with Crippen molar-refractivity contribution in [1.82, 2.24) is 0 Å². The van der Waals surface area contributed by atoms with Gasteiger partial charge in [0.25, 0.3) is 0 Å². The van der Waals surface area contributed by atoms with Crippen molar-refractivity contribution >= 4 is 55.6 Å². The molecular formula is C12H9BrFIN2. The molecule has 0 aliphatic rings. The quantitative estimate of drug-likeness (QED) is 0.568. The van der Waals surface area contributed by atoms with E-state index in [1.807, 2.05) is 46.9 Å². The lowest BCUT2D eigenvalue weighted by Gasteiger charge is -2.10. The molecule has 0 fully saturated rings. The monoisotopic (exact) mass is 406 g/mol. The van der Waals surface area contributed by atoms with Crippen molar-refractivity contribution in [2.75, 3.05) is 11.1 Å². The predicted octanol–water partition coefficient (Wildman–Crippen LogP) is 4.52. The first-order valence-corrected chi connectivity index (χ1v) is 6.70. The molecule has 17 heavy (non-hydrogen) atoms. The molecule has 0 aromatic heterocycles. The van der Waals surface area contributed by atoms with Crippen molar-refractivity contribution in [3.63, 3.8) is 0 Å². The van der Waals surface area contributed by atoms with Crippen LogP contribution in [0.4, 0.5) is 21.5 Å². The van der Waals surface area contributed by atoms with Crippen LogP contribution in [0.3, 0.4) is 0 Å². The fraction of sp³-hybridized carbons (Fsp3) is 0. The van der Waals surface area contributed by atoms with Gasteiger partial charge in [0.05, 0.1) is 14.9 Å². The number of anilines is 3. The van der Waals surface area contributed by atoms with Gasteiger partial charge in [0.2, 0.25) is 0 Å². The van der Waals surface area contributed by atoms with Crippen LogP contribution in [-0.4, -0.2) is 0 Å². The highest BCUT2D eigenvalue weighted by molar-refractivity contribution is 14.1. The Bertz CT molecular complexity index is 543. The molecule has 2 aromatic carbocycles. The van der Waals surface area contributed by atoms with Crippen molar-refractivity contribution in [3.8, 4) is 0 Å². The lowest BCUT2D eigenvalue weighted by Crippen LogP contribution is -1.98. The fourth-order valence-corrected chi connectivity index (χ4v) is 2.11. The molecule has 2 nitrogen and oxygen atoms in total. The zero-order valence-corrected chi connectivity index (χ0v) is 12.4. The maximum atomic E-state index is 13.4. The Labute approximate surface area is 121 Å². The standard InChI is InChI=1S/C12H9BrFIN2/c13-7-1-3-8(4-2-7)17-12-5-9(14)10(15)6-11(12)16/h1-6,17H,16H2. The smallest absolute Gasteiger partial charge is 0.138 e. The van der Waals surface area contributed by atoms with E-state index >= 15 is 0 Å². The summed E-state index contributed by atoms with van der Waals surface area (Å²) >= 11 is 5.27. The summed E-state index contributed by atoms with van der Waals surface area (Å²) in [6.07, 6.45) is 0. The van der Waals surface area contributed by atoms with Crippen LogP contribution in [0.1, 0.15) is 0 Å². The molecule has 5 heteroatoms. The van der Waals surface area contributed by atoms with Gasteiger partial charge in [-0.2, -0.15) is 0 Å². The lowest BCUT2D eigenvalue weighted by molar-refractivity contribution is 0.621. The second-order valence-electron chi connectivity index (χ2n) is 3.49. The van der Waals surface area contributed by atoms with Crippen molar-refractivity contribution in [2.24, 2.45) is 0 Å². The summed E-state index contributed by atoms with van der Waals surface area (Å²) in [5, 5.41) is 3.08. The number of hydrogen-bond acceptors (Lipinski definition) is 2. The molecule has 0 unspecified atom stereocenters. The molecule has 3 N–H and O–H groups in total. The summed E-state index contributed by atoms with van der Waals surface area (Å²) in [6.45, 7) is 0. The fourth-order valence-electron chi connectivity index (χ4n) is 1.36. The zero-order valence-electron chi connectivity index (χ0n) is 8.68. The van der Waals surface area contributed by atoms with Crippen LogP contribution in [0.15, 0.2) is 40.9 Å². The van der Waals surface area contributed by atoms with Crippen LogP contribution >= 0.6 is 38.5 Å². The first-order valence-electron chi connectivity index (χ1n) is 4.83. The van der Waals surface area contributed by atoms with E-state index in [1.54, 1.807) is 6.07 Å². The highest BCUT2D eigenvalue weighted by Crippen LogP contribution is 2.27. The number of nitrogens with one attached hydrogen (secondary N) is 1. The van der Waals surface area contributed by atoms with Crippen molar-refractivity contribution in [3.05, 3.63) is 50.3 Å². The maximum Gasteiger partial charge on any atom is 0.138 e. The lowest BCUT2D eigenvalue weighted by atomic mass is 10.2. The second-order valence-corrected chi connectivity index (χ2v) is 5.56. The Kier molecular flexibility index (Phi) is 3.88. The van der Waals surface area contributed by atoms with Crippen molar-refractivity contribution < 1.29 is 4.39 Å². The highest BCUT2D eigenvalue weighted by atomic mass is 127. The molecule has 0 bridgehead atoms. The summed E-state index contributed by atoms with van der Waals surface area (Å²) in [6, 6.07) is 10.6. The predicted molar refractivity (Wildman–Crippen MR) is 81.0 cm³/mol. The van der Waals surface area contributed by atoms with Gasteiger partial charge < -0.3 is 11.1 Å². The number of hydrogen-bond donors (Lipinski definition) is 2. The Morgan fingerprint density at radius 3 is 2.47 bits per heavy atom. The minimum absolute atomic E-state index is 0.278. The average molecular weight is 407 g/mol. The van der Waals surface area contributed by atoms with E-state index < -0.39 is 0 Å². The van der Waals surface area contributed by atoms with E-state index in [0.29, 0.717) is 14.9 Å². The summed E-state index contributed by atoms with van der Waals surface area (Å²) in [5.41, 5.74) is 7.79. The molecule has 0 heterocycles. The summed E-state index contributed by atoms with van der Waals surface area (Å²) in [5.74, 6) is -0.278. The average Bonchev–Trinajstić information content (AvgIpc) is 2.29. The molecule has 0 atom stereocenters. The Balaban J connectivity index is 2.30. The van der Waals surface area contributed by atoms with E-state index in [4.69, 9.17) is 5.73 Å². The first-order chi connectivity index (χ1) is 8.06. The molecule has 2 aromatic rings. The van der Waals surface area contributed by atoms with Crippen LogP contribution < -0.4 is 11.1 Å². The zero-order chi connectivity index (χ0) is 12.4. The van der Waals surface area contributed by atoms with Gasteiger partial charge in [0.1, 0.15) is 5.82 Å². The largest absolute Gasteiger partial charge is 0.397 e. The molecule has 0 aliphatic heterocycles. The van der Waals surface area contributed by atoms with Crippen LogP contribution in [0.2, 0.25) is 0 Å². The minimum atomic E-state index is -0.278. The van der Waals surface area contributed by atoms with E-state index in [2.05, 4.69) is 21.2 Å². The number of nitrogen functional groups attached to an aromatic ring is 1. The molecule has 0 saturated carbocycles. The van der Waals surface area contributed by atoms with Gasteiger partial charge in [-0.3, -0.25) is 0 Å². The van der Waals surface area contributed by atoms with Gasteiger partial charge in [-0.05, 0) is 52.9 Å². The Hall–Kier alpha value is -0.820. The van der Waals surface area contributed by atoms with Crippen LogP contribution in [0, 0.1) is 9.39 Å². The molecule has 0 saturated heterocycles. The number of nitrogens with two attached hydrogens (primary N) is 1. The van der Waals surface area contributed by atoms with Gasteiger partial charge in [0.15, 0.2) is 0 Å². The Morgan fingerprint density at radius 1 is 1.18 bits per heavy atom. The maximum absolute atomic E-state index is 13.4. The molecule has 2 rings (SSSR count). The van der Waals surface area contributed by atoms with Gasteiger partial charge in [-0.15, -0.1) is 0 Å². The third-order valence-corrected chi connectivity index (χ3v) is 3.57. The van der Waals surface area contributed by atoms with Gasteiger partial charge in [-0.1, -0.05) is 15.9 Å². The first kappa shape index (κ1) is 12.6. The molecule has 0 spiro atoms. The summed E-state index contributed by atoms with van der Waals surface area (Å²) in [7, 11) is 0. The van der Waals surface area contributed by atoms with Crippen LogP contribution in [0.25, 0.3) is 0 Å². The molecule has 0 amide bonds. The second kappa shape index (κ2) is 5.22. The molecular weight excluding hydrogens is 398 g/mol. The van der Waals surface area contributed by atoms with E-state index in [1.165, 1.54) is 6.07 Å². The minimum Gasteiger partial charge on any atom is -0.397 e. The summed E-state index contributed by atoms with van der Waals surface area (Å²) < 4.78 is 14.9. The van der Waals surface area contributed by atoms with Gasteiger partial charge in [0, 0.05) is 16.2 Å². The van der Waals surface area contributed by atoms with E-state index in [9.17, 15) is 4.39 Å². The Morgan fingerprint density at radius 2 is 1.82 bits per heavy atom. The third kappa shape index (κ3) is 3.10. The van der Waals surface area contributed by atoms with Crippen molar-refractivity contribution in [2.45, 2.75) is 0 Å².